The number of thiazole rings is 1. The molecule has 0 radical (unpaired) electrons. The highest BCUT2D eigenvalue weighted by molar-refractivity contribution is 7.14. The van der Waals surface area contributed by atoms with Crippen molar-refractivity contribution in [3.8, 4) is 11.3 Å². The van der Waals surface area contributed by atoms with E-state index < -0.39 is 0 Å². The van der Waals surface area contributed by atoms with Crippen molar-refractivity contribution >= 4 is 39.9 Å². The molecule has 2 heterocycles. The highest BCUT2D eigenvalue weighted by atomic mass is 32.1. The van der Waals surface area contributed by atoms with Crippen molar-refractivity contribution in [3.63, 3.8) is 0 Å². The summed E-state index contributed by atoms with van der Waals surface area (Å²) >= 11 is 1.36. The Morgan fingerprint density at radius 3 is 2.38 bits per heavy atom. The van der Waals surface area contributed by atoms with E-state index in [0.29, 0.717) is 23.2 Å². The average Bonchev–Trinajstić information content (AvgIpc) is 3.26. The maximum Gasteiger partial charge on any atom is 0.257 e. The Labute approximate surface area is 201 Å². The SMILES string of the molecule is CC(=O)NCc1ccc(-c2csc(NC(=O)c3cccc(Nc4nc(C)cc(C)n4)c3)n2)cc1. The van der Waals surface area contributed by atoms with Crippen molar-refractivity contribution in [2.45, 2.75) is 27.3 Å². The number of benzene rings is 2. The van der Waals surface area contributed by atoms with Gasteiger partial charge in [-0.1, -0.05) is 30.3 Å². The van der Waals surface area contributed by atoms with E-state index in [1.54, 1.807) is 18.2 Å². The monoisotopic (exact) mass is 472 g/mol. The van der Waals surface area contributed by atoms with Crippen molar-refractivity contribution < 1.29 is 9.59 Å². The first-order chi connectivity index (χ1) is 16.4. The molecule has 0 aliphatic carbocycles. The highest BCUT2D eigenvalue weighted by Crippen LogP contribution is 2.26. The first-order valence-electron chi connectivity index (χ1n) is 10.7. The fourth-order valence-electron chi connectivity index (χ4n) is 3.30. The van der Waals surface area contributed by atoms with Crippen molar-refractivity contribution in [2.75, 3.05) is 10.6 Å². The van der Waals surface area contributed by atoms with Crippen LogP contribution in [-0.4, -0.2) is 26.8 Å². The summed E-state index contributed by atoms with van der Waals surface area (Å²) in [5.74, 6) is 0.170. The van der Waals surface area contributed by atoms with Crippen molar-refractivity contribution in [1.29, 1.82) is 0 Å². The predicted octanol–water partition coefficient (Wildman–Crippen LogP) is 4.85. The maximum absolute atomic E-state index is 12.8. The van der Waals surface area contributed by atoms with Crippen LogP contribution >= 0.6 is 11.3 Å². The lowest BCUT2D eigenvalue weighted by Gasteiger charge is -2.08. The summed E-state index contributed by atoms with van der Waals surface area (Å²) < 4.78 is 0. The van der Waals surface area contributed by atoms with Crippen LogP contribution in [0, 0.1) is 13.8 Å². The molecule has 2 amide bonds. The molecule has 0 saturated heterocycles. The van der Waals surface area contributed by atoms with Gasteiger partial charge in [0.1, 0.15) is 0 Å². The van der Waals surface area contributed by atoms with Gasteiger partial charge in [0.05, 0.1) is 5.69 Å². The molecule has 2 aromatic heterocycles. The number of anilines is 3. The summed E-state index contributed by atoms with van der Waals surface area (Å²) in [5, 5.41) is 11.2. The fraction of sp³-hybridized carbons (Fsp3) is 0.160. The molecule has 172 valence electrons. The Morgan fingerprint density at radius 1 is 0.941 bits per heavy atom. The number of aryl methyl sites for hydroxylation is 2. The van der Waals surface area contributed by atoms with Gasteiger partial charge < -0.3 is 10.6 Å². The molecule has 8 nitrogen and oxygen atoms in total. The average molecular weight is 473 g/mol. The maximum atomic E-state index is 12.8. The van der Waals surface area contributed by atoms with Crippen molar-refractivity contribution in [2.24, 2.45) is 0 Å². The van der Waals surface area contributed by atoms with Crippen LogP contribution in [-0.2, 0) is 11.3 Å². The van der Waals surface area contributed by atoms with E-state index in [0.717, 1.165) is 33.9 Å². The standard InChI is InChI=1S/C25H24N6O2S/c1-15-11-16(2)28-24(27-15)29-21-6-4-5-20(12-21)23(33)31-25-30-22(14-34-25)19-9-7-18(8-10-19)13-26-17(3)32/h4-12,14H,13H2,1-3H3,(H,26,32)(H,27,28,29)(H,30,31,33). The third-order valence-electron chi connectivity index (χ3n) is 4.88. The first kappa shape index (κ1) is 23.1. The van der Waals surface area contributed by atoms with E-state index in [4.69, 9.17) is 0 Å². The smallest absolute Gasteiger partial charge is 0.257 e. The Hall–Kier alpha value is -4.11. The molecule has 2 aromatic carbocycles. The number of carbonyl (C=O) groups excluding carboxylic acids is 2. The third-order valence-corrected chi connectivity index (χ3v) is 5.64. The van der Waals surface area contributed by atoms with Crippen molar-refractivity contribution in [1.82, 2.24) is 20.3 Å². The molecule has 0 saturated carbocycles. The number of rotatable bonds is 7. The van der Waals surface area contributed by atoms with Gasteiger partial charge in [0, 0.05) is 47.1 Å². The van der Waals surface area contributed by atoms with Gasteiger partial charge in [-0.2, -0.15) is 0 Å². The number of hydrogen-bond acceptors (Lipinski definition) is 7. The zero-order valence-electron chi connectivity index (χ0n) is 19.0. The lowest BCUT2D eigenvalue weighted by Crippen LogP contribution is -2.18. The van der Waals surface area contributed by atoms with Crippen LogP contribution in [0.3, 0.4) is 0 Å². The number of aromatic nitrogens is 3. The Morgan fingerprint density at radius 2 is 1.68 bits per heavy atom. The van der Waals surface area contributed by atoms with Crippen LogP contribution in [0.25, 0.3) is 11.3 Å². The van der Waals surface area contributed by atoms with Gasteiger partial charge in [-0.15, -0.1) is 11.3 Å². The molecule has 0 fully saturated rings. The molecule has 3 N–H and O–H groups in total. The second-order valence-corrected chi connectivity index (χ2v) is 8.64. The minimum Gasteiger partial charge on any atom is -0.352 e. The number of nitrogens with zero attached hydrogens (tertiary/aromatic N) is 3. The van der Waals surface area contributed by atoms with E-state index in [-0.39, 0.29) is 11.8 Å². The molecule has 4 aromatic rings. The van der Waals surface area contributed by atoms with Crippen LogP contribution in [0.2, 0.25) is 0 Å². The number of carbonyl (C=O) groups is 2. The van der Waals surface area contributed by atoms with E-state index in [9.17, 15) is 9.59 Å². The van der Waals surface area contributed by atoms with E-state index >= 15 is 0 Å². The summed E-state index contributed by atoms with van der Waals surface area (Å²) in [4.78, 5) is 37.2. The first-order valence-corrected chi connectivity index (χ1v) is 11.5. The zero-order chi connectivity index (χ0) is 24.1. The minimum absolute atomic E-state index is 0.0659. The van der Waals surface area contributed by atoms with Crippen molar-refractivity contribution in [3.05, 3.63) is 82.5 Å². The van der Waals surface area contributed by atoms with Gasteiger partial charge in [0.2, 0.25) is 11.9 Å². The predicted molar refractivity (Wildman–Crippen MR) is 134 cm³/mol. The number of amides is 2. The molecule has 0 atom stereocenters. The topological polar surface area (TPSA) is 109 Å². The molecular formula is C25H24N6O2S. The van der Waals surface area contributed by atoms with Gasteiger partial charge in [-0.05, 0) is 43.7 Å². The quantitative estimate of drug-likeness (QED) is 0.355. The normalized spacial score (nSPS) is 10.6. The lowest BCUT2D eigenvalue weighted by molar-refractivity contribution is -0.119. The Balaban J connectivity index is 1.41. The summed E-state index contributed by atoms with van der Waals surface area (Å²) in [6.45, 7) is 5.79. The molecule has 0 bridgehead atoms. The van der Waals surface area contributed by atoms with Gasteiger partial charge in [0.15, 0.2) is 5.13 Å². The summed E-state index contributed by atoms with van der Waals surface area (Å²) in [7, 11) is 0. The summed E-state index contributed by atoms with van der Waals surface area (Å²) in [6, 6.07) is 16.8. The molecule has 0 spiro atoms. The van der Waals surface area contributed by atoms with Gasteiger partial charge in [-0.25, -0.2) is 15.0 Å². The van der Waals surface area contributed by atoms with E-state index in [2.05, 4.69) is 30.9 Å². The molecule has 0 unspecified atom stereocenters. The Kier molecular flexibility index (Phi) is 6.93. The van der Waals surface area contributed by atoms with E-state index in [1.807, 2.05) is 55.6 Å². The lowest BCUT2D eigenvalue weighted by atomic mass is 10.1. The van der Waals surface area contributed by atoms with Gasteiger partial charge in [-0.3, -0.25) is 14.9 Å². The number of hydrogen-bond donors (Lipinski definition) is 3. The molecule has 4 rings (SSSR count). The summed E-state index contributed by atoms with van der Waals surface area (Å²) in [5.41, 5.74) is 5.65. The number of nitrogens with one attached hydrogen (secondary N) is 3. The third kappa shape index (κ3) is 6.02. The zero-order valence-corrected chi connectivity index (χ0v) is 19.9. The molecular weight excluding hydrogens is 448 g/mol. The summed E-state index contributed by atoms with van der Waals surface area (Å²) in [6.07, 6.45) is 0. The van der Waals surface area contributed by atoms with Crippen LogP contribution < -0.4 is 16.0 Å². The Bertz CT molecular complexity index is 1310. The van der Waals surface area contributed by atoms with Crippen LogP contribution in [0.1, 0.15) is 34.2 Å². The largest absolute Gasteiger partial charge is 0.352 e. The van der Waals surface area contributed by atoms with Gasteiger partial charge in [0.25, 0.3) is 5.91 Å². The van der Waals surface area contributed by atoms with E-state index in [1.165, 1.54) is 18.3 Å². The second kappa shape index (κ2) is 10.2. The molecule has 0 aliphatic heterocycles. The van der Waals surface area contributed by atoms with Crippen LogP contribution in [0.4, 0.5) is 16.8 Å². The van der Waals surface area contributed by atoms with Crippen LogP contribution in [0.15, 0.2) is 60.0 Å². The molecule has 9 heteroatoms. The van der Waals surface area contributed by atoms with Crippen LogP contribution in [0.5, 0.6) is 0 Å². The minimum atomic E-state index is -0.253. The van der Waals surface area contributed by atoms with Gasteiger partial charge >= 0.3 is 0 Å². The second-order valence-electron chi connectivity index (χ2n) is 7.78. The molecule has 34 heavy (non-hydrogen) atoms. The molecule has 0 aliphatic rings. The fourth-order valence-corrected chi connectivity index (χ4v) is 4.02. The highest BCUT2D eigenvalue weighted by Gasteiger charge is 2.11.